The number of aromatic nitrogens is 1. The van der Waals surface area contributed by atoms with E-state index in [9.17, 15) is 4.79 Å². The van der Waals surface area contributed by atoms with Crippen LogP contribution in [0.3, 0.4) is 0 Å². The van der Waals surface area contributed by atoms with Gasteiger partial charge in [0.15, 0.2) is 0 Å². The summed E-state index contributed by atoms with van der Waals surface area (Å²) in [7, 11) is 0. The van der Waals surface area contributed by atoms with Crippen LogP contribution >= 0.6 is 15.9 Å². The summed E-state index contributed by atoms with van der Waals surface area (Å²) in [6.45, 7) is 4.74. The predicted octanol–water partition coefficient (Wildman–Crippen LogP) is 4.68. The SMILES string of the molecule is CCc1onc(C)c1[C@H]1CCCN1C(=O)Nc1ccc(Br)cc1. The number of benzene rings is 1. The summed E-state index contributed by atoms with van der Waals surface area (Å²) >= 11 is 3.40. The van der Waals surface area contributed by atoms with Gasteiger partial charge in [0.25, 0.3) is 0 Å². The van der Waals surface area contributed by atoms with Gasteiger partial charge in [0.05, 0.1) is 11.7 Å². The smallest absolute Gasteiger partial charge is 0.322 e. The lowest BCUT2D eigenvalue weighted by molar-refractivity contribution is 0.206. The molecule has 1 N–H and O–H groups in total. The van der Waals surface area contributed by atoms with Gasteiger partial charge in [-0.3, -0.25) is 0 Å². The number of carbonyl (C=O) groups excluding carboxylic acids is 1. The number of rotatable bonds is 3. The summed E-state index contributed by atoms with van der Waals surface area (Å²) in [6.07, 6.45) is 2.73. The van der Waals surface area contributed by atoms with E-state index in [-0.39, 0.29) is 12.1 Å². The van der Waals surface area contributed by atoms with Crippen LogP contribution in [-0.2, 0) is 6.42 Å². The minimum atomic E-state index is -0.0718. The second kappa shape index (κ2) is 6.74. The third-order valence-electron chi connectivity index (χ3n) is 4.25. The van der Waals surface area contributed by atoms with Crippen molar-refractivity contribution in [1.82, 2.24) is 10.1 Å². The molecule has 1 aromatic carbocycles. The Bertz CT molecular complexity index is 696. The van der Waals surface area contributed by atoms with Crippen molar-refractivity contribution in [3.63, 3.8) is 0 Å². The molecule has 5 nitrogen and oxygen atoms in total. The molecule has 0 radical (unpaired) electrons. The van der Waals surface area contributed by atoms with Gasteiger partial charge in [-0.25, -0.2) is 4.79 Å². The molecule has 0 saturated carbocycles. The van der Waals surface area contributed by atoms with Crippen LogP contribution < -0.4 is 5.32 Å². The molecule has 0 aliphatic carbocycles. The molecular weight excluding hydrogens is 358 g/mol. The van der Waals surface area contributed by atoms with Crippen molar-refractivity contribution in [2.24, 2.45) is 0 Å². The van der Waals surface area contributed by atoms with E-state index < -0.39 is 0 Å². The first-order valence-corrected chi connectivity index (χ1v) is 8.67. The molecule has 0 bridgehead atoms. The van der Waals surface area contributed by atoms with Crippen molar-refractivity contribution in [3.05, 3.63) is 45.8 Å². The van der Waals surface area contributed by atoms with Crippen LogP contribution in [0.15, 0.2) is 33.3 Å². The number of likely N-dealkylation sites (tertiary alicyclic amines) is 1. The van der Waals surface area contributed by atoms with Crippen LogP contribution in [-0.4, -0.2) is 22.6 Å². The zero-order valence-corrected chi connectivity index (χ0v) is 14.9. The Labute approximate surface area is 144 Å². The summed E-state index contributed by atoms with van der Waals surface area (Å²) in [6, 6.07) is 7.57. The van der Waals surface area contributed by atoms with Gasteiger partial charge >= 0.3 is 6.03 Å². The average molecular weight is 378 g/mol. The van der Waals surface area contributed by atoms with Crippen molar-refractivity contribution in [3.8, 4) is 0 Å². The van der Waals surface area contributed by atoms with Crippen molar-refractivity contribution >= 4 is 27.6 Å². The lowest BCUT2D eigenvalue weighted by Gasteiger charge is -2.25. The monoisotopic (exact) mass is 377 g/mol. The quantitative estimate of drug-likeness (QED) is 0.844. The maximum atomic E-state index is 12.7. The molecule has 2 heterocycles. The zero-order chi connectivity index (χ0) is 16.4. The third kappa shape index (κ3) is 3.27. The van der Waals surface area contributed by atoms with Gasteiger partial charge in [-0.15, -0.1) is 0 Å². The number of nitrogens with one attached hydrogen (secondary N) is 1. The standard InChI is InChI=1S/C17H20BrN3O2/c1-3-15-16(11(2)20-23-15)14-5-4-10-21(14)17(22)19-13-8-6-12(18)7-9-13/h6-9,14H,3-5,10H2,1-2H3,(H,19,22)/t14-/m1/s1. The highest BCUT2D eigenvalue weighted by Crippen LogP contribution is 2.36. The molecule has 1 fully saturated rings. The van der Waals surface area contributed by atoms with E-state index in [0.29, 0.717) is 0 Å². The molecule has 122 valence electrons. The van der Waals surface area contributed by atoms with Crippen LogP contribution in [0, 0.1) is 6.92 Å². The lowest BCUT2D eigenvalue weighted by atomic mass is 10.0. The number of nitrogens with zero attached hydrogens (tertiary/aromatic N) is 2. The van der Waals surface area contributed by atoms with E-state index in [0.717, 1.165) is 53.0 Å². The van der Waals surface area contributed by atoms with Gasteiger partial charge < -0.3 is 14.7 Å². The lowest BCUT2D eigenvalue weighted by Crippen LogP contribution is -2.34. The molecule has 0 unspecified atom stereocenters. The Morgan fingerprint density at radius 1 is 1.43 bits per heavy atom. The number of aryl methyl sites for hydroxylation is 2. The first-order valence-electron chi connectivity index (χ1n) is 7.88. The summed E-state index contributed by atoms with van der Waals surface area (Å²) in [5, 5.41) is 7.06. The van der Waals surface area contributed by atoms with Crippen molar-refractivity contribution < 1.29 is 9.32 Å². The summed E-state index contributed by atoms with van der Waals surface area (Å²) in [5.74, 6) is 0.885. The zero-order valence-electron chi connectivity index (χ0n) is 13.3. The Kier molecular flexibility index (Phi) is 4.71. The van der Waals surface area contributed by atoms with Crippen LogP contribution in [0.5, 0.6) is 0 Å². The Morgan fingerprint density at radius 2 is 2.17 bits per heavy atom. The predicted molar refractivity (Wildman–Crippen MR) is 92.5 cm³/mol. The van der Waals surface area contributed by atoms with E-state index in [2.05, 4.69) is 26.4 Å². The summed E-state index contributed by atoms with van der Waals surface area (Å²) in [5.41, 5.74) is 2.76. The molecule has 23 heavy (non-hydrogen) atoms. The van der Waals surface area contributed by atoms with Crippen molar-refractivity contribution in [2.75, 3.05) is 11.9 Å². The second-order valence-electron chi connectivity index (χ2n) is 5.75. The normalized spacial score (nSPS) is 17.5. The number of amides is 2. The van der Waals surface area contributed by atoms with E-state index in [1.165, 1.54) is 0 Å². The highest BCUT2D eigenvalue weighted by atomic mass is 79.9. The largest absolute Gasteiger partial charge is 0.361 e. The molecular formula is C17H20BrN3O2. The van der Waals surface area contributed by atoms with E-state index in [1.54, 1.807) is 0 Å². The molecule has 1 saturated heterocycles. The van der Waals surface area contributed by atoms with Crippen molar-refractivity contribution in [1.29, 1.82) is 0 Å². The Balaban J connectivity index is 1.79. The topological polar surface area (TPSA) is 58.4 Å². The van der Waals surface area contributed by atoms with Gasteiger partial charge in [0.1, 0.15) is 5.76 Å². The maximum absolute atomic E-state index is 12.7. The van der Waals surface area contributed by atoms with Gasteiger partial charge in [-0.05, 0) is 44.0 Å². The van der Waals surface area contributed by atoms with Gasteiger partial charge in [0.2, 0.25) is 0 Å². The fourth-order valence-corrected chi connectivity index (χ4v) is 3.41. The number of carbonyl (C=O) groups is 1. The molecule has 6 heteroatoms. The highest BCUT2D eigenvalue weighted by Gasteiger charge is 2.34. The molecule has 1 aliphatic heterocycles. The Hall–Kier alpha value is -1.82. The minimum absolute atomic E-state index is 0.0478. The molecule has 2 amide bonds. The van der Waals surface area contributed by atoms with Gasteiger partial charge in [-0.2, -0.15) is 0 Å². The minimum Gasteiger partial charge on any atom is -0.361 e. The number of halogens is 1. The van der Waals surface area contributed by atoms with E-state index in [4.69, 9.17) is 4.52 Å². The molecule has 2 aromatic rings. The summed E-state index contributed by atoms with van der Waals surface area (Å²) in [4.78, 5) is 14.6. The highest BCUT2D eigenvalue weighted by molar-refractivity contribution is 9.10. The molecule has 3 rings (SSSR count). The fourth-order valence-electron chi connectivity index (χ4n) is 3.14. The average Bonchev–Trinajstić information content (AvgIpc) is 3.15. The first-order chi connectivity index (χ1) is 11.1. The molecule has 0 spiro atoms. The molecule has 1 atom stereocenters. The second-order valence-corrected chi connectivity index (χ2v) is 6.66. The van der Waals surface area contributed by atoms with Crippen molar-refractivity contribution in [2.45, 2.75) is 39.2 Å². The van der Waals surface area contributed by atoms with Crippen LogP contribution in [0.25, 0.3) is 0 Å². The van der Waals surface area contributed by atoms with Gasteiger partial charge in [0, 0.05) is 28.7 Å². The molecule has 1 aromatic heterocycles. The van der Waals surface area contributed by atoms with E-state index >= 15 is 0 Å². The Morgan fingerprint density at radius 3 is 2.87 bits per heavy atom. The van der Waals surface area contributed by atoms with E-state index in [1.807, 2.05) is 43.0 Å². The van der Waals surface area contributed by atoms with Crippen LogP contribution in [0.2, 0.25) is 0 Å². The molecule has 1 aliphatic rings. The number of urea groups is 1. The number of anilines is 1. The fraction of sp³-hybridized carbons (Fsp3) is 0.412. The number of hydrogen-bond donors (Lipinski definition) is 1. The van der Waals surface area contributed by atoms with Crippen LogP contribution in [0.1, 0.15) is 42.8 Å². The maximum Gasteiger partial charge on any atom is 0.322 e. The third-order valence-corrected chi connectivity index (χ3v) is 4.78. The van der Waals surface area contributed by atoms with Gasteiger partial charge in [-0.1, -0.05) is 28.0 Å². The first kappa shape index (κ1) is 16.1. The van der Waals surface area contributed by atoms with Crippen LogP contribution in [0.4, 0.5) is 10.5 Å². The number of hydrogen-bond acceptors (Lipinski definition) is 3. The summed E-state index contributed by atoms with van der Waals surface area (Å²) < 4.78 is 6.39.